The van der Waals surface area contributed by atoms with Crippen LogP contribution in [0.15, 0.2) is 78.9 Å². The number of benzene rings is 3. The minimum Gasteiger partial charge on any atom is -0.446 e. The lowest BCUT2D eigenvalue weighted by molar-refractivity contribution is -0.149. The minimum atomic E-state index is -0.441. The molecule has 1 saturated heterocycles. The van der Waals surface area contributed by atoms with Crippen molar-refractivity contribution in [2.24, 2.45) is 11.8 Å². The Bertz CT molecular complexity index is 1450. The predicted molar refractivity (Wildman–Crippen MR) is 187 cm³/mol. The number of fused-ring (bicyclic) bond motifs is 1. The van der Waals surface area contributed by atoms with Crippen LogP contribution in [0.4, 0.5) is 10.5 Å². The summed E-state index contributed by atoms with van der Waals surface area (Å²) in [6, 6.07) is 26.7. The van der Waals surface area contributed by atoms with Crippen LogP contribution in [0.3, 0.4) is 0 Å². The van der Waals surface area contributed by atoms with Crippen LogP contribution in [0.25, 0.3) is 11.1 Å². The maximum absolute atomic E-state index is 12.9. The van der Waals surface area contributed by atoms with Crippen molar-refractivity contribution in [3.63, 3.8) is 0 Å². The smallest absolute Gasteiger partial charge is 0.411 e. The molecule has 0 spiro atoms. The quantitative estimate of drug-likeness (QED) is 0.137. The summed E-state index contributed by atoms with van der Waals surface area (Å²) in [5.41, 5.74) is 5.32. The number of para-hydroxylation sites is 1. The molecule has 9 nitrogen and oxygen atoms in total. The van der Waals surface area contributed by atoms with E-state index < -0.39 is 6.29 Å². The van der Waals surface area contributed by atoms with Crippen molar-refractivity contribution >= 4 is 17.7 Å². The standard InChI is InChI=1S/C39H51N3O6/c1-28(2)42(27-38(45-3)46-4)37(43)18-20-47-19-17-29-11-10-12-30(21-29)24-41-25-32-22-34(23-33(32)26-41)48-39(44)40-36-16-9-8-15-35(36)31-13-6-5-7-14-31/h5-16,21,28,32-34,38H,17-20,22-27H2,1-4H3,(H,40,44)/t32-,33+,34+. The molecular weight excluding hydrogens is 606 g/mol. The highest BCUT2D eigenvalue weighted by Crippen LogP contribution is 2.40. The van der Waals surface area contributed by atoms with Gasteiger partial charge in [-0.05, 0) is 67.7 Å². The van der Waals surface area contributed by atoms with Crippen LogP contribution in [0, 0.1) is 11.8 Å². The Labute approximate surface area is 285 Å². The summed E-state index contributed by atoms with van der Waals surface area (Å²) in [6.45, 7) is 8.28. The predicted octanol–water partition coefficient (Wildman–Crippen LogP) is 6.62. The molecule has 0 aromatic heterocycles. The van der Waals surface area contributed by atoms with Gasteiger partial charge in [0.05, 0.1) is 31.9 Å². The number of methoxy groups -OCH3 is 2. The number of likely N-dealkylation sites (tertiary alicyclic amines) is 1. The highest BCUT2D eigenvalue weighted by Gasteiger charge is 2.42. The SMILES string of the molecule is COC(CN(C(=O)CCOCCc1cccc(CN2C[C@H]3C[C@H](OC(=O)Nc4ccccc4-c4ccccc4)C[C@H]3C2)c1)C(C)C)OC. The van der Waals surface area contributed by atoms with E-state index in [1.54, 1.807) is 19.1 Å². The summed E-state index contributed by atoms with van der Waals surface area (Å²) in [5.74, 6) is 1.12. The molecule has 3 aromatic carbocycles. The molecule has 1 heterocycles. The molecule has 48 heavy (non-hydrogen) atoms. The van der Waals surface area contributed by atoms with Gasteiger partial charge < -0.3 is 23.8 Å². The zero-order valence-corrected chi connectivity index (χ0v) is 28.8. The number of rotatable bonds is 16. The number of ether oxygens (including phenoxy) is 4. The summed E-state index contributed by atoms with van der Waals surface area (Å²) in [4.78, 5) is 29.9. The fraction of sp³-hybridized carbons (Fsp3) is 0.487. The first-order chi connectivity index (χ1) is 23.3. The molecule has 2 amide bonds. The molecule has 2 fully saturated rings. The first-order valence-electron chi connectivity index (χ1n) is 17.2. The van der Waals surface area contributed by atoms with Crippen molar-refractivity contribution in [3.8, 4) is 11.1 Å². The Morgan fingerprint density at radius 2 is 1.56 bits per heavy atom. The fourth-order valence-corrected chi connectivity index (χ4v) is 7.06. The van der Waals surface area contributed by atoms with Crippen molar-refractivity contribution in [3.05, 3.63) is 90.0 Å². The Balaban J connectivity index is 1.01. The molecule has 0 bridgehead atoms. The van der Waals surface area contributed by atoms with E-state index >= 15 is 0 Å². The number of carbonyl (C=O) groups excluding carboxylic acids is 2. The summed E-state index contributed by atoms with van der Waals surface area (Å²) < 4.78 is 22.3. The third-order valence-corrected chi connectivity index (χ3v) is 9.51. The van der Waals surface area contributed by atoms with Gasteiger partial charge in [0.25, 0.3) is 0 Å². The third-order valence-electron chi connectivity index (χ3n) is 9.51. The molecule has 1 aliphatic carbocycles. The van der Waals surface area contributed by atoms with Gasteiger partial charge in [0.2, 0.25) is 5.91 Å². The van der Waals surface area contributed by atoms with Crippen molar-refractivity contribution in [2.75, 3.05) is 52.4 Å². The van der Waals surface area contributed by atoms with Crippen LogP contribution in [0.5, 0.6) is 0 Å². The van der Waals surface area contributed by atoms with Crippen LogP contribution in [-0.2, 0) is 36.7 Å². The van der Waals surface area contributed by atoms with Crippen LogP contribution in [0.1, 0.15) is 44.2 Å². The highest BCUT2D eigenvalue weighted by atomic mass is 16.7. The molecule has 0 radical (unpaired) electrons. The first-order valence-corrected chi connectivity index (χ1v) is 17.2. The van der Waals surface area contributed by atoms with E-state index in [-0.39, 0.29) is 24.1 Å². The van der Waals surface area contributed by atoms with Crippen molar-refractivity contribution in [2.45, 2.75) is 64.5 Å². The number of amides is 2. The van der Waals surface area contributed by atoms with E-state index in [2.05, 4.69) is 34.5 Å². The van der Waals surface area contributed by atoms with Gasteiger partial charge >= 0.3 is 6.09 Å². The minimum absolute atomic E-state index is 0.0345. The number of hydrogen-bond acceptors (Lipinski definition) is 7. The lowest BCUT2D eigenvalue weighted by Gasteiger charge is -2.29. The highest BCUT2D eigenvalue weighted by molar-refractivity contribution is 5.91. The van der Waals surface area contributed by atoms with E-state index in [1.165, 1.54) is 11.1 Å². The molecule has 1 aliphatic heterocycles. The van der Waals surface area contributed by atoms with Gasteiger partial charge in [-0.3, -0.25) is 15.0 Å². The van der Waals surface area contributed by atoms with Gasteiger partial charge in [0.1, 0.15) is 6.10 Å². The normalized spacial score (nSPS) is 19.1. The third kappa shape index (κ3) is 9.89. The van der Waals surface area contributed by atoms with E-state index in [9.17, 15) is 9.59 Å². The topological polar surface area (TPSA) is 89.6 Å². The molecule has 9 heteroatoms. The van der Waals surface area contributed by atoms with Gasteiger partial charge in [-0.1, -0.05) is 72.8 Å². The molecule has 3 atom stereocenters. The number of nitrogens with zero attached hydrogens (tertiary/aromatic N) is 2. The number of nitrogens with one attached hydrogen (secondary N) is 1. The molecule has 0 unspecified atom stereocenters. The Morgan fingerprint density at radius 1 is 0.875 bits per heavy atom. The summed E-state index contributed by atoms with van der Waals surface area (Å²) in [6.07, 6.45) is 2.07. The van der Waals surface area contributed by atoms with Crippen LogP contribution >= 0.6 is 0 Å². The zero-order valence-electron chi connectivity index (χ0n) is 28.8. The monoisotopic (exact) mass is 657 g/mol. The largest absolute Gasteiger partial charge is 0.446 e. The van der Waals surface area contributed by atoms with Crippen molar-refractivity contribution < 1.29 is 28.5 Å². The van der Waals surface area contributed by atoms with Gasteiger partial charge in [-0.2, -0.15) is 0 Å². The second kappa shape index (κ2) is 17.6. The van der Waals surface area contributed by atoms with Crippen LogP contribution in [0.2, 0.25) is 0 Å². The second-order valence-corrected chi connectivity index (χ2v) is 13.2. The molecule has 2 aliphatic rings. The first kappa shape index (κ1) is 35.5. The molecule has 258 valence electrons. The molecular formula is C39H51N3O6. The Hall–Kier alpha value is -3.76. The number of carbonyl (C=O) groups is 2. The van der Waals surface area contributed by atoms with Gasteiger partial charge in [0, 0.05) is 45.5 Å². The zero-order chi connectivity index (χ0) is 33.9. The van der Waals surface area contributed by atoms with Crippen molar-refractivity contribution in [1.29, 1.82) is 0 Å². The van der Waals surface area contributed by atoms with E-state index in [0.717, 1.165) is 55.7 Å². The molecule has 1 N–H and O–H groups in total. The molecule has 1 saturated carbocycles. The second-order valence-electron chi connectivity index (χ2n) is 13.2. The van der Waals surface area contributed by atoms with E-state index in [4.69, 9.17) is 18.9 Å². The molecule has 5 rings (SSSR count). The maximum atomic E-state index is 12.9. The van der Waals surface area contributed by atoms with Gasteiger partial charge in [-0.15, -0.1) is 0 Å². The van der Waals surface area contributed by atoms with Crippen LogP contribution in [-0.4, -0.2) is 87.3 Å². The number of hydrogen-bond donors (Lipinski definition) is 1. The lowest BCUT2D eigenvalue weighted by atomic mass is 10.0. The Kier molecular flexibility index (Phi) is 13.0. The average molecular weight is 658 g/mol. The summed E-state index contributed by atoms with van der Waals surface area (Å²) >= 11 is 0. The van der Waals surface area contributed by atoms with Crippen LogP contribution < -0.4 is 5.32 Å². The van der Waals surface area contributed by atoms with Crippen molar-refractivity contribution in [1.82, 2.24) is 9.80 Å². The fourth-order valence-electron chi connectivity index (χ4n) is 7.06. The summed E-state index contributed by atoms with van der Waals surface area (Å²) in [5, 5.41) is 2.99. The maximum Gasteiger partial charge on any atom is 0.411 e. The molecule has 3 aromatic rings. The lowest BCUT2D eigenvalue weighted by Crippen LogP contribution is -2.43. The average Bonchev–Trinajstić information content (AvgIpc) is 3.63. The Morgan fingerprint density at radius 3 is 2.27 bits per heavy atom. The van der Waals surface area contributed by atoms with Gasteiger partial charge in [0.15, 0.2) is 6.29 Å². The van der Waals surface area contributed by atoms with Gasteiger partial charge in [-0.25, -0.2) is 4.79 Å². The summed E-state index contributed by atoms with van der Waals surface area (Å²) in [7, 11) is 3.16. The number of anilines is 1. The van der Waals surface area contributed by atoms with E-state index in [1.807, 2.05) is 68.4 Å². The van der Waals surface area contributed by atoms with E-state index in [0.29, 0.717) is 38.0 Å².